The molecule has 20 heavy (non-hydrogen) atoms. The highest BCUT2D eigenvalue weighted by atomic mass is 32.2. The number of thioether (sulfide) groups is 2. The van der Waals surface area contributed by atoms with E-state index in [2.05, 4.69) is 59.3 Å². The molecule has 3 heterocycles. The fourth-order valence-corrected chi connectivity index (χ4v) is 7.66. The summed E-state index contributed by atoms with van der Waals surface area (Å²) < 4.78 is 0. The van der Waals surface area contributed by atoms with Gasteiger partial charge in [0, 0.05) is 31.1 Å². The minimum absolute atomic E-state index is 1.27. The molecule has 1 aliphatic heterocycles. The zero-order valence-electron chi connectivity index (χ0n) is 11.8. The Morgan fingerprint density at radius 3 is 2.65 bits per heavy atom. The van der Waals surface area contributed by atoms with Crippen molar-refractivity contribution in [3.63, 3.8) is 0 Å². The molecule has 0 unspecified atom stereocenters. The molecule has 4 heteroatoms. The van der Waals surface area contributed by atoms with Gasteiger partial charge in [-0.15, -0.1) is 46.2 Å². The van der Waals surface area contributed by atoms with Gasteiger partial charge in [0.05, 0.1) is 4.88 Å². The van der Waals surface area contributed by atoms with Crippen LogP contribution >= 0.6 is 46.2 Å². The highest BCUT2D eigenvalue weighted by molar-refractivity contribution is 8.06. The fraction of sp³-hybridized carbons (Fsp3) is 0.500. The first-order valence-electron chi connectivity index (χ1n) is 7.35. The van der Waals surface area contributed by atoms with Crippen LogP contribution < -0.4 is 0 Å². The molecule has 0 nitrogen and oxygen atoms in total. The molecule has 2 aromatic rings. The second-order valence-electron chi connectivity index (χ2n) is 5.00. The lowest BCUT2D eigenvalue weighted by Crippen LogP contribution is -1.94. The molecule has 1 aliphatic rings. The van der Waals surface area contributed by atoms with Crippen molar-refractivity contribution < 1.29 is 0 Å². The van der Waals surface area contributed by atoms with Crippen LogP contribution in [0.3, 0.4) is 0 Å². The first kappa shape index (κ1) is 15.0. The van der Waals surface area contributed by atoms with Gasteiger partial charge < -0.3 is 0 Å². The van der Waals surface area contributed by atoms with E-state index in [1.807, 2.05) is 11.3 Å². The number of rotatable bonds is 6. The van der Waals surface area contributed by atoms with Gasteiger partial charge in [0.1, 0.15) is 0 Å². The molecule has 0 amide bonds. The topological polar surface area (TPSA) is 0 Å². The summed E-state index contributed by atoms with van der Waals surface area (Å²) in [6.07, 6.45) is 6.73. The minimum atomic E-state index is 1.27. The zero-order valence-corrected chi connectivity index (χ0v) is 15.1. The Bertz CT molecular complexity index is 539. The monoisotopic (exact) mass is 340 g/mol. The van der Waals surface area contributed by atoms with E-state index in [1.165, 1.54) is 53.4 Å². The highest BCUT2D eigenvalue weighted by Gasteiger charge is 2.23. The van der Waals surface area contributed by atoms with E-state index in [9.17, 15) is 0 Å². The number of hydrogen-bond acceptors (Lipinski definition) is 4. The van der Waals surface area contributed by atoms with Crippen LogP contribution in [0.5, 0.6) is 0 Å². The normalized spacial score (nSPS) is 14.4. The quantitative estimate of drug-likeness (QED) is 0.530. The molecule has 108 valence electrons. The van der Waals surface area contributed by atoms with Crippen molar-refractivity contribution in [3.05, 3.63) is 22.4 Å². The summed E-state index contributed by atoms with van der Waals surface area (Å²) in [6, 6.07) is 4.45. The Morgan fingerprint density at radius 1 is 1.05 bits per heavy atom. The Morgan fingerprint density at radius 2 is 1.90 bits per heavy atom. The molecule has 0 radical (unpaired) electrons. The maximum absolute atomic E-state index is 2.29. The molecule has 3 rings (SSSR count). The lowest BCUT2D eigenvalue weighted by molar-refractivity contribution is 0.667. The molecule has 0 aliphatic carbocycles. The van der Waals surface area contributed by atoms with Crippen molar-refractivity contribution in [1.29, 1.82) is 0 Å². The van der Waals surface area contributed by atoms with E-state index in [-0.39, 0.29) is 0 Å². The molecule has 0 saturated heterocycles. The highest BCUT2D eigenvalue weighted by Crippen LogP contribution is 2.51. The van der Waals surface area contributed by atoms with E-state index >= 15 is 0 Å². The third kappa shape index (κ3) is 3.29. The predicted octanol–water partition coefficient (Wildman–Crippen LogP) is 6.80. The van der Waals surface area contributed by atoms with Crippen molar-refractivity contribution in [2.75, 3.05) is 11.5 Å². The zero-order chi connectivity index (χ0) is 13.8. The summed E-state index contributed by atoms with van der Waals surface area (Å²) >= 11 is 8.11. The molecule has 0 N–H and O–H groups in total. The SMILES string of the molecule is CCCCCCc1sc(-c2cccs2)c2c1SCCS2. The van der Waals surface area contributed by atoms with Crippen molar-refractivity contribution >= 4 is 46.2 Å². The first-order valence-corrected chi connectivity index (χ1v) is 11.0. The van der Waals surface area contributed by atoms with Gasteiger partial charge in [0.25, 0.3) is 0 Å². The number of hydrogen-bond donors (Lipinski definition) is 0. The maximum Gasteiger partial charge on any atom is 0.0593 e. The third-order valence-corrected chi connectivity index (χ3v) is 8.67. The van der Waals surface area contributed by atoms with Crippen molar-refractivity contribution in [1.82, 2.24) is 0 Å². The smallest absolute Gasteiger partial charge is 0.0593 e. The Labute approximate surface area is 138 Å². The maximum atomic E-state index is 2.29. The van der Waals surface area contributed by atoms with Crippen molar-refractivity contribution in [2.45, 2.75) is 48.8 Å². The van der Waals surface area contributed by atoms with E-state index < -0.39 is 0 Å². The molecular weight excluding hydrogens is 320 g/mol. The van der Waals surface area contributed by atoms with Crippen LogP contribution in [0, 0.1) is 0 Å². The minimum Gasteiger partial charge on any atom is -0.143 e. The van der Waals surface area contributed by atoms with E-state index in [4.69, 9.17) is 0 Å². The molecule has 2 aromatic heterocycles. The number of fused-ring (bicyclic) bond motifs is 1. The van der Waals surface area contributed by atoms with Crippen LogP contribution in [0.2, 0.25) is 0 Å². The largest absolute Gasteiger partial charge is 0.143 e. The Kier molecular flexibility index (Phi) is 5.55. The molecule has 0 aromatic carbocycles. The molecule has 0 spiro atoms. The average Bonchev–Trinajstić information content (AvgIpc) is 3.11. The van der Waals surface area contributed by atoms with E-state index in [0.29, 0.717) is 0 Å². The van der Waals surface area contributed by atoms with E-state index in [0.717, 1.165) is 0 Å². The van der Waals surface area contributed by atoms with Gasteiger partial charge in [-0.05, 0) is 24.3 Å². The summed E-state index contributed by atoms with van der Waals surface area (Å²) in [5.74, 6) is 2.54. The number of unbranched alkanes of at least 4 members (excludes halogenated alkanes) is 3. The summed E-state index contributed by atoms with van der Waals surface area (Å²) in [5.41, 5.74) is 0. The lowest BCUT2D eigenvalue weighted by atomic mass is 10.1. The fourth-order valence-electron chi connectivity index (χ4n) is 2.46. The molecule has 0 saturated carbocycles. The Balaban J connectivity index is 1.83. The number of aryl methyl sites for hydroxylation is 1. The van der Waals surface area contributed by atoms with Crippen molar-refractivity contribution in [2.24, 2.45) is 0 Å². The second-order valence-corrected chi connectivity index (χ2v) is 9.26. The summed E-state index contributed by atoms with van der Waals surface area (Å²) in [5, 5.41) is 2.20. The second kappa shape index (κ2) is 7.39. The average molecular weight is 341 g/mol. The van der Waals surface area contributed by atoms with Crippen molar-refractivity contribution in [3.8, 4) is 9.75 Å². The Hall–Kier alpha value is 0.1000. The molecular formula is C16H20S4. The van der Waals surface area contributed by atoms with Gasteiger partial charge in [-0.25, -0.2) is 0 Å². The van der Waals surface area contributed by atoms with Crippen LogP contribution in [0.4, 0.5) is 0 Å². The van der Waals surface area contributed by atoms with Gasteiger partial charge in [0.2, 0.25) is 0 Å². The van der Waals surface area contributed by atoms with Crippen LogP contribution in [0.15, 0.2) is 27.3 Å². The van der Waals surface area contributed by atoms with E-state index in [1.54, 1.807) is 14.7 Å². The van der Waals surface area contributed by atoms with Crippen LogP contribution in [-0.4, -0.2) is 11.5 Å². The molecule has 0 atom stereocenters. The van der Waals surface area contributed by atoms with Gasteiger partial charge in [-0.3, -0.25) is 0 Å². The molecule has 0 fully saturated rings. The van der Waals surface area contributed by atoms with Gasteiger partial charge in [-0.1, -0.05) is 32.3 Å². The van der Waals surface area contributed by atoms with Crippen LogP contribution in [-0.2, 0) is 6.42 Å². The summed E-state index contributed by atoms with van der Waals surface area (Å²) in [7, 11) is 0. The molecule has 0 bridgehead atoms. The van der Waals surface area contributed by atoms with Gasteiger partial charge >= 0.3 is 0 Å². The standard InChI is InChI=1S/C16H20S4/c1-2-3-4-5-7-13-14-16(19-11-10-18-14)15(20-13)12-8-6-9-17-12/h6,8-9H,2-5,7,10-11H2,1H3. The predicted molar refractivity (Wildman–Crippen MR) is 96.9 cm³/mol. The third-order valence-electron chi connectivity index (χ3n) is 3.47. The van der Waals surface area contributed by atoms with Gasteiger partial charge in [-0.2, -0.15) is 0 Å². The van der Waals surface area contributed by atoms with Crippen LogP contribution in [0.1, 0.15) is 37.5 Å². The van der Waals surface area contributed by atoms with Crippen LogP contribution in [0.25, 0.3) is 9.75 Å². The lowest BCUT2D eigenvalue weighted by Gasteiger charge is -2.13. The van der Waals surface area contributed by atoms with Gasteiger partial charge in [0.15, 0.2) is 0 Å². The summed E-state index contributed by atoms with van der Waals surface area (Å²) in [6.45, 7) is 2.29. The number of thiophene rings is 2. The first-order chi connectivity index (χ1) is 9.90. The summed E-state index contributed by atoms with van der Waals surface area (Å²) in [4.78, 5) is 7.85.